The van der Waals surface area contributed by atoms with Gasteiger partial charge in [0.2, 0.25) is 0 Å². The number of aliphatic hydroxyl groups is 1. The van der Waals surface area contributed by atoms with Crippen LogP contribution >= 0.6 is 11.6 Å². The number of aliphatic hydroxyl groups excluding tert-OH is 1. The Kier molecular flexibility index (Phi) is 2.98. The summed E-state index contributed by atoms with van der Waals surface area (Å²) in [4.78, 5) is 0. The van der Waals surface area contributed by atoms with Gasteiger partial charge in [0.15, 0.2) is 0 Å². The summed E-state index contributed by atoms with van der Waals surface area (Å²) in [6, 6.07) is 4.84. The summed E-state index contributed by atoms with van der Waals surface area (Å²) in [7, 11) is 0. The highest BCUT2D eigenvalue weighted by Crippen LogP contribution is 2.45. The predicted octanol–water partition coefficient (Wildman–Crippen LogP) is 3.35. The van der Waals surface area contributed by atoms with Gasteiger partial charge >= 0.3 is 0 Å². The molecule has 1 aromatic carbocycles. The van der Waals surface area contributed by atoms with Gasteiger partial charge in [0.1, 0.15) is 5.82 Å². The van der Waals surface area contributed by atoms with E-state index in [4.69, 9.17) is 11.6 Å². The molecule has 1 N–H and O–H groups in total. The average molecular weight is 229 g/mol. The Hall–Kier alpha value is -0.600. The van der Waals surface area contributed by atoms with Gasteiger partial charge in [-0.15, -0.1) is 0 Å². The van der Waals surface area contributed by atoms with E-state index < -0.39 is 0 Å². The number of halogens is 2. The van der Waals surface area contributed by atoms with E-state index in [0.29, 0.717) is 11.8 Å². The standard InChI is InChI=1S/C12H14ClFO/c1-2-8-9(6-12(8)15)7-3-4-11(14)10(13)5-7/h3-5,8-9,12,15H,2,6H2,1H3. The second-order valence-electron chi connectivity index (χ2n) is 4.16. The molecule has 1 fully saturated rings. The van der Waals surface area contributed by atoms with Crippen molar-refractivity contribution in [2.45, 2.75) is 31.8 Å². The lowest BCUT2D eigenvalue weighted by Gasteiger charge is -2.41. The summed E-state index contributed by atoms with van der Waals surface area (Å²) in [5.41, 5.74) is 1.04. The first-order chi connectivity index (χ1) is 7.13. The number of benzene rings is 1. The number of hydrogen-bond donors (Lipinski definition) is 1. The third kappa shape index (κ3) is 1.88. The van der Waals surface area contributed by atoms with Crippen LogP contribution in [0.4, 0.5) is 4.39 Å². The number of rotatable bonds is 2. The van der Waals surface area contributed by atoms with Crippen LogP contribution in [-0.2, 0) is 0 Å². The summed E-state index contributed by atoms with van der Waals surface area (Å²) in [6.45, 7) is 2.06. The molecular weight excluding hydrogens is 215 g/mol. The fraction of sp³-hybridized carbons (Fsp3) is 0.500. The maximum absolute atomic E-state index is 13.0. The second-order valence-corrected chi connectivity index (χ2v) is 4.56. The zero-order valence-electron chi connectivity index (χ0n) is 8.58. The van der Waals surface area contributed by atoms with Crippen LogP contribution in [-0.4, -0.2) is 11.2 Å². The molecule has 82 valence electrons. The summed E-state index contributed by atoms with van der Waals surface area (Å²) >= 11 is 5.73. The highest BCUT2D eigenvalue weighted by Gasteiger charge is 2.39. The van der Waals surface area contributed by atoms with E-state index >= 15 is 0 Å². The molecule has 0 heterocycles. The van der Waals surface area contributed by atoms with Crippen LogP contribution in [0.3, 0.4) is 0 Å². The van der Waals surface area contributed by atoms with Gasteiger partial charge in [0.05, 0.1) is 11.1 Å². The summed E-state index contributed by atoms with van der Waals surface area (Å²) in [5.74, 6) is 0.253. The van der Waals surface area contributed by atoms with Crippen LogP contribution in [0.5, 0.6) is 0 Å². The van der Waals surface area contributed by atoms with Crippen molar-refractivity contribution in [3.05, 3.63) is 34.6 Å². The minimum atomic E-state index is -0.381. The van der Waals surface area contributed by atoms with Crippen LogP contribution < -0.4 is 0 Å². The molecule has 0 aromatic heterocycles. The summed E-state index contributed by atoms with van der Waals surface area (Å²) < 4.78 is 13.0. The SMILES string of the molecule is CCC1C(O)CC1c1ccc(F)c(Cl)c1. The Labute approximate surface area is 93.9 Å². The topological polar surface area (TPSA) is 20.2 Å². The molecule has 1 nitrogen and oxygen atoms in total. The maximum Gasteiger partial charge on any atom is 0.141 e. The van der Waals surface area contributed by atoms with E-state index in [9.17, 15) is 9.50 Å². The zero-order valence-corrected chi connectivity index (χ0v) is 9.34. The third-order valence-electron chi connectivity index (χ3n) is 3.35. The van der Waals surface area contributed by atoms with Crippen LogP contribution in [0.2, 0.25) is 5.02 Å². The van der Waals surface area contributed by atoms with Crippen molar-refractivity contribution in [2.24, 2.45) is 5.92 Å². The lowest BCUT2D eigenvalue weighted by Crippen LogP contribution is -2.39. The molecule has 1 aliphatic carbocycles. The van der Waals surface area contributed by atoms with Gasteiger partial charge in [0.25, 0.3) is 0 Å². The van der Waals surface area contributed by atoms with Crippen molar-refractivity contribution in [2.75, 3.05) is 0 Å². The zero-order chi connectivity index (χ0) is 11.0. The Morgan fingerprint density at radius 1 is 1.53 bits per heavy atom. The van der Waals surface area contributed by atoms with Crippen molar-refractivity contribution in [3.8, 4) is 0 Å². The fourth-order valence-corrected chi connectivity index (χ4v) is 2.55. The first-order valence-electron chi connectivity index (χ1n) is 5.26. The van der Waals surface area contributed by atoms with Gasteiger partial charge in [-0.1, -0.05) is 31.0 Å². The van der Waals surface area contributed by atoms with Crippen molar-refractivity contribution in [3.63, 3.8) is 0 Å². The van der Waals surface area contributed by atoms with E-state index in [1.807, 2.05) is 0 Å². The molecule has 1 aromatic rings. The lowest BCUT2D eigenvalue weighted by molar-refractivity contribution is -0.000739. The maximum atomic E-state index is 13.0. The molecule has 2 rings (SSSR count). The van der Waals surface area contributed by atoms with Crippen molar-refractivity contribution >= 4 is 11.6 Å². The summed E-state index contributed by atoms with van der Waals surface area (Å²) in [5, 5.41) is 9.73. The first-order valence-corrected chi connectivity index (χ1v) is 5.64. The second kappa shape index (κ2) is 4.11. The van der Waals surface area contributed by atoms with E-state index in [1.165, 1.54) is 6.07 Å². The van der Waals surface area contributed by atoms with E-state index in [0.717, 1.165) is 18.4 Å². The van der Waals surface area contributed by atoms with Crippen LogP contribution in [0, 0.1) is 11.7 Å². The summed E-state index contributed by atoms with van der Waals surface area (Å²) in [6.07, 6.45) is 1.50. The van der Waals surface area contributed by atoms with Crippen LogP contribution in [0.1, 0.15) is 31.2 Å². The van der Waals surface area contributed by atoms with Crippen LogP contribution in [0.25, 0.3) is 0 Å². The Morgan fingerprint density at radius 2 is 2.27 bits per heavy atom. The van der Waals surface area contributed by atoms with Crippen molar-refractivity contribution in [1.29, 1.82) is 0 Å². The van der Waals surface area contributed by atoms with Gasteiger partial charge in [-0.2, -0.15) is 0 Å². The molecule has 0 radical (unpaired) electrons. The first kappa shape index (κ1) is 10.9. The predicted molar refractivity (Wildman–Crippen MR) is 58.6 cm³/mol. The monoisotopic (exact) mass is 228 g/mol. The Bertz CT molecular complexity index is 367. The third-order valence-corrected chi connectivity index (χ3v) is 3.64. The van der Waals surface area contributed by atoms with Crippen LogP contribution in [0.15, 0.2) is 18.2 Å². The normalized spacial score (nSPS) is 30.0. The molecule has 0 saturated heterocycles. The fourth-order valence-electron chi connectivity index (χ4n) is 2.36. The van der Waals surface area contributed by atoms with Gasteiger partial charge in [0, 0.05) is 0 Å². The van der Waals surface area contributed by atoms with Gasteiger partial charge in [-0.25, -0.2) is 4.39 Å². The highest BCUT2D eigenvalue weighted by molar-refractivity contribution is 6.30. The molecule has 3 heteroatoms. The average Bonchev–Trinajstić information content (AvgIpc) is 2.19. The largest absolute Gasteiger partial charge is 0.393 e. The molecule has 15 heavy (non-hydrogen) atoms. The molecule has 0 spiro atoms. The van der Waals surface area contributed by atoms with E-state index in [2.05, 4.69) is 6.92 Å². The Balaban J connectivity index is 2.20. The van der Waals surface area contributed by atoms with E-state index in [-0.39, 0.29) is 16.9 Å². The molecule has 0 bridgehead atoms. The highest BCUT2D eigenvalue weighted by atomic mass is 35.5. The molecule has 1 saturated carbocycles. The Morgan fingerprint density at radius 3 is 2.80 bits per heavy atom. The van der Waals surface area contributed by atoms with Gasteiger partial charge < -0.3 is 5.11 Å². The smallest absolute Gasteiger partial charge is 0.141 e. The molecule has 0 amide bonds. The molecule has 3 atom stereocenters. The van der Waals surface area contributed by atoms with Gasteiger partial charge in [-0.05, 0) is 36.0 Å². The van der Waals surface area contributed by atoms with E-state index in [1.54, 1.807) is 12.1 Å². The lowest BCUT2D eigenvalue weighted by atomic mass is 9.66. The molecule has 3 unspecified atom stereocenters. The number of hydrogen-bond acceptors (Lipinski definition) is 1. The van der Waals surface area contributed by atoms with Crippen molar-refractivity contribution in [1.82, 2.24) is 0 Å². The minimum absolute atomic E-state index is 0.170. The molecular formula is C12H14ClFO. The molecule has 1 aliphatic rings. The quantitative estimate of drug-likeness (QED) is 0.823. The van der Waals surface area contributed by atoms with Crippen molar-refractivity contribution < 1.29 is 9.50 Å². The van der Waals surface area contributed by atoms with Gasteiger partial charge in [-0.3, -0.25) is 0 Å². The molecule has 0 aliphatic heterocycles. The minimum Gasteiger partial charge on any atom is -0.393 e.